The topological polar surface area (TPSA) is 95.6 Å². The van der Waals surface area contributed by atoms with Gasteiger partial charge in [-0.05, 0) is 55.7 Å². The van der Waals surface area contributed by atoms with Gasteiger partial charge in [-0.1, -0.05) is 30.5 Å². The van der Waals surface area contributed by atoms with Gasteiger partial charge in [-0.25, -0.2) is 8.42 Å². The van der Waals surface area contributed by atoms with Crippen molar-refractivity contribution in [1.82, 2.24) is 4.90 Å². The average Bonchev–Trinajstić information content (AvgIpc) is 3.04. The predicted molar refractivity (Wildman–Crippen MR) is 127 cm³/mol. The van der Waals surface area contributed by atoms with Crippen molar-refractivity contribution in [3.05, 3.63) is 47.0 Å². The molecule has 0 saturated carbocycles. The zero-order valence-corrected chi connectivity index (χ0v) is 19.9. The number of aryl methyl sites for hydroxylation is 1. The molecule has 4 rings (SSSR count). The lowest BCUT2D eigenvalue weighted by Crippen LogP contribution is -2.45. The number of thioether (sulfide) groups is 1. The highest BCUT2D eigenvalue weighted by Gasteiger charge is 2.36. The first-order chi connectivity index (χ1) is 15.2. The minimum Gasteiger partial charge on any atom is -0.341 e. The number of halogens is 1. The van der Waals surface area contributed by atoms with E-state index in [0.717, 1.165) is 43.0 Å². The number of anilines is 2. The molecule has 10 heteroatoms. The number of fused-ring (bicyclic) bond motifs is 1. The number of amides is 2. The van der Waals surface area contributed by atoms with E-state index in [1.165, 1.54) is 12.1 Å². The molecule has 0 bridgehead atoms. The molecule has 2 aliphatic heterocycles. The Hall–Kier alpha value is -2.23. The quantitative estimate of drug-likeness (QED) is 0.620. The summed E-state index contributed by atoms with van der Waals surface area (Å²) in [6.45, 7) is 3.19. The van der Waals surface area contributed by atoms with Gasteiger partial charge in [0.05, 0.1) is 21.3 Å². The van der Waals surface area contributed by atoms with Crippen LogP contribution in [0.3, 0.4) is 0 Å². The number of carbonyl (C=O) groups excluding carboxylic acids is 2. The largest absolute Gasteiger partial charge is 0.341 e. The summed E-state index contributed by atoms with van der Waals surface area (Å²) in [5.41, 5.74) is 1.56. The van der Waals surface area contributed by atoms with Crippen molar-refractivity contribution in [2.75, 3.05) is 23.1 Å². The summed E-state index contributed by atoms with van der Waals surface area (Å²) in [7, 11) is -3.92. The molecule has 2 N–H and O–H groups in total. The third-order valence-electron chi connectivity index (χ3n) is 5.51. The van der Waals surface area contributed by atoms with Crippen LogP contribution < -0.4 is 10.0 Å². The van der Waals surface area contributed by atoms with Crippen LogP contribution >= 0.6 is 23.4 Å². The zero-order valence-electron chi connectivity index (χ0n) is 17.6. The van der Waals surface area contributed by atoms with Gasteiger partial charge in [0.2, 0.25) is 11.8 Å². The maximum Gasteiger partial charge on any atom is 0.262 e. The minimum atomic E-state index is -3.92. The Kier molecular flexibility index (Phi) is 6.69. The van der Waals surface area contributed by atoms with Crippen molar-refractivity contribution < 1.29 is 18.0 Å². The maximum absolute atomic E-state index is 12.9. The number of sulfonamides is 1. The standard InChI is InChI=1S/C22H24ClN3O4S2/c1-14-6-8-17(16(23)12-14)25-32(29,30)15-7-9-19-18(13-15)24-21(27)20(31-19)22(28)26-10-4-2-3-5-11-26/h6-9,12-13,20,25H,2-5,10-11H2,1H3,(H,24,27)/t20-/m0/s1. The summed E-state index contributed by atoms with van der Waals surface area (Å²) in [4.78, 5) is 28.0. The number of hydrogen-bond acceptors (Lipinski definition) is 5. The Morgan fingerprint density at radius 2 is 1.84 bits per heavy atom. The van der Waals surface area contributed by atoms with Crippen LogP contribution in [0.15, 0.2) is 46.2 Å². The highest BCUT2D eigenvalue weighted by atomic mass is 35.5. The number of nitrogens with one attached hydrogen (secondary N) is 2. The molecule has 32 heavy (non-hydrogen) atoms. The molecule has 0 spiro atoms. The number of nitrogens with zero attached hydrogens (tertiary/aromatic N) is 1. The second kappa shape index (κ2) is 9.33. The van der Waals surface area contributed by atoms with Crippen molar-refractivity contribution >= 4 is 56.6 Å². The molecule has 0 radical (unpaired) electrons. The molecule has 2 aromatic rings. The van der Waals surface area contributed by atoms with Crippen molar-refractivity contribution in [3.63, 3.8) is 0 Å². The molecule has 2 amide bonds. The average molecular weight is 494 g/mol. The molecule has 7 nitrogen and oxygen atoms in total. The van der Waals surface area contributed by atoms with Gasteiger partial charge in [-0.2, -0.15) is 0 Å². The van der Waals surface area contributed by atoms with E-state index >= 15 is 0 Å². The van der Waals surface area contributed by atoms with E-state index in [1.54, 1.807) is 29.2 Å². The van der Waals surface area contributed by atoms with Crippen LogP contribution in [0.4, 0.5) is 11.4 Å². The molecule has 0 unspecified atom stereocenters. The first-order valence-corrected chi connectivity index (χ1v) is 13.2. The summed E-state index contributed by atoms with van der Waals surface area (Å²) >= 11 is 7.32. The molecule has 1 atom stereocenters. The van der Waals surface area contributed by atoms with E-state index in [9.17, 15) is 18.0 Å². The second-order valence-electron chi connectivity index (χ2n) is 7.97. The molecule has 0 aromatic heterocycles. The Bertz CT molecular complexity index is 1160. The fraction of sp³-hybridized carbons (Fsp3) is 0.364. The van der Waals surface area contributed by atoms with Gasteiger partial charge in [-0.3, -0.25) is 14.3 Å². The van der Waals surface area contributed by atoms with Gasteiger partial charge in [0.25, 0.3) is 10.0 Å². The lowest BCUT2D eigenvalue weighted by Gasteiger charge is -2.28. The minimum absolute atomic E-state index is 0.00825. The van der Waals surface area contributed by atoms with Crippen LogP contribution in [-0.4, -0.2) is 43.5 Å². The molecule has 0 aliphatic carbocycles. The molecule has 2 aliphatic rings. The number of benzene rings is 2. The van der Waals surface area contributed by atoms with Crippen LogP contribution in [0, 0.1) is 6.92 Å². The van der Waals surface area contributed by atoms with Crippen molar-refractivity contribution in [2.24, 2.45) is 0 Å². The van der Waals surface area contributed by atoms with E-state index < -0.39 is 21.2 Å². The van der Waals surface area contributed by atoms with Crippen LogP contribution in [0.1, 0.15) is 31.2 Å². The van der Waals surface area contributed by atoms with E-state index in [-0.39, 0.29) is 16.5 Å². The first-order valence-electron chi connectivity index (χ1n) is 10.4. The van der Waals surface area contributed by atoms with E-state index in [1.807, 2.05) is 6.92 Å². The highest BCUT2D eigenvalue weighted by Crippen LogP contribution is 2.38. The second-order valence-corrected chi connectivity index (χ2v) is 11.2. The Labute approximate surface area is 196 Å². The monoisotopic (exact) mass is 493 g/mol. The SMILES string of the molecule is Cc1ccc(NS(=O)(=O)c2ccc3c(c2)NC(=O)[C@@H](C(=O)N2CCCCCC2)S3)c(Cl)c1. The normalized spacial score (nSPS) is 19.0. The van der Waals surface area contributed by atoms with Crippen molar-refractivity contribution in [3.8, 4) is 0 Å². The summed E-state index contributed by atoms with van der Waals surface area (Å²) in [5.74, 6) is -0.617. The van der Waals surface area contributed by atoms with Crippen LogP contribution in [0.2, 0.25) is 5.02 Å². The smallest absolute Gasteiger partial charge is 0.262 e. The fourth-order valence-electron chi connectivity index (χ4n) is 3.78. The van der Waals surface area contributed by atoms with Crippen LogP contribution in [0.5, 0.6) is 0 Å². The van der Waals surface area contributed by atoms with Crippen LogP contribution in [0.25, 0.3) is 0 Å². The Morgan fingerprint density at radius 3 is 2.53 bits per heavy atom. The fourth-order valence-corrected chi connectivity index (χ4v) is 6.28. The lowest BCUT2D eigenvalue weighted by molar-refractivity contribution is -0.133. The molecule has 2 aromatic carbocycles. The Morgan fingerprint density at radius 1 is 1.12 bits per heavy atom. The number of hydrogen-bond donors (Lipinski definition) is 2. The van der Waals surface area contributed by atoms with Crippen molar-refractivity contribution in [2.45, 2.75) is 47.6 Å². The molecular weight excluding hydrogens is 470 g/mol. The molecule has 2 heterocycles. The molecule has 1 fully saturated rings. The van der Waals surface area contributed by atoms with Gasteiger partial charge >= 0.3 is 0 Å². The van der Waals surface area contributed by atoms with Gasteiger partial charge < -0.3 is 10.2 Å². The molecule has 170 valence electrons. The van der Waals surface area contributed by atoms with Crippen molar-refractivity contribution in [1.29, 1.82) is 0 Å². The van der Waals surface area contributed by atoms with E-state index in [0.29, 0.717) is 28.7 Å². The summed E-state index contributed by atoms with van der Waals surface area (Å²) in [6, 6.07) is 9.51. The highest BCUT2D eigenvalue weighted by molar-refractivity contribution is 8.01. The molecule has 1 saturated heterocycles. The predicted octanol–water partition coefficient (Wildman–Crippen LogP) is 4.26. The Balaban J connectivity index is 1.53. The molecular formula is C22H24ClN3O4S2. The number of rotatable bonds is 4. The van der Waals surface area contributed by atoms with E-state index in [2.05, 4.69) is 10.0 Å². The third-order valence-corrected chi connectivity index (χ3v) is 8.45. The summed E-state index contributed by atoms with van der Waals surface area (Å²) < 4.78 is 28.2. The number of carbonyl (C=O) groups is 2. The number of likely N-dealkylation sites (tertiary alicyclic amines) is 1. The zero-order chi connectivity index (χ0) is 22.9. The summed E-state index contributed by atoms with van der Waals surface area (Å²) in [6.07, 6.45) is 4.08. The summed E-state index contributed by atoms with van der Waals surface area (Å²) in [5, 5.41) is 2.14. The third kappa shape index (κ3) is 4.89. The van der Waals surface area contributed by atoms with Crippen LogP contribution in [-0.2, 0) is 19.6 Å². The van der Waals surface area contributed by atoms with Gasteiger partial charge in [-0.15, -0.1) is 11.8 Å². The van der Waals surface area contributed by atoms with Gasteiger partial charge in [0.1, 0.15) is 0 Å². The van der Waals surface area contributed by atoms with E-state index in [4.69, 9.17) is 11.6 Å². The lowest BCUT2D eigenvalue weighted by atomic mass is 10.2. The first kappa shape index (κ1) is 22.9. The van der Waals surface area contributed by atoms with Gasteiger partial charge in [0, 0.05) is 18.0 Å². The maximum atomic E-state index is 12.9. The van der Waals surface area contributed by atoms with Gasteiger partial charge in [0.15, 0.2) is 5.25 Å².